The molecule has 402 valence electrons. The second kappa shape index (κ2) is 35.9. The number of carbonyl (C=O) groups is 1. The van der Waals surface area contributed by atoms with Crippen molar-refractivity contribution in [3.8, 4) is 0 Å². The number of carboxylic acid groups (broad SMARTS) is 1. The van der Waals surface area contributed by atoms with E-state index in [1.807, 2.05) is 0 Å². The number of aliphatic hydroxyl groups excluding tert-OH is 8. The van der Waals surface area contributed by atoms with E-state index in [9.17, 15) is 50.8 Å². The van der Waals surface area contributed by atoms with Gasteiger partial charge in [-0.3, -0.25) is 0 Å². The van der Waals surface area contributed by atoms with Crippen LogP contribution in [0.2, 0.25) is 0 Å². The van der Waals surface area contributed by atoms with Crippen LogP contribution in [0.15, 0.2) is 0 Å². The lowest BCUT2D eigenvalue weighted by atomic mass is 9.94. The first-order valence-electron chi connectivity index (χ1n) is 26.9. The van der Waals surface area contributed by atoms with E-state index in [-0.39, 0.29) is 12.5 Å². The molecule has 17 heteroatoms. The molecule has 16 atom stereocenters. The maximum Gasteiger partial charge on any atom is 0.329 e. The van der Waals surface area contributed by atoms with Gasteiger partial charge in [0.25, 0.3) is 0 Å². The van der Waals surface area contributed by atoms with Crippen molar-refractivity contribution in [2.45, 2.75) is 286 Å². The molecule has 0 bridgehead atoms. The van der Waals surface area contributed by atoms with Gasteiger partial charge in [0.05, 0.1) is 25.9 Å². The molecule has 3 rings (SSSR count). The maximum atomic E-state index is 12.0. The molecule has 9 N–H and O–H groups in total. The molecule has 0 aliphatic carbocycles. The van der Waals surface area contributed by atoms with Crippen LogP contribution in [0.1, 0.15) is 194 Å². The van der Waals surface area contributed by atoms with Gasteiger partial charge in [-0.1, -0.05) is 174 Å². The molecule has 3 fully saturated rings. The van der Waals surface area contributed by atoms with Crippen LogP contribution in [0.4, 0.5) is 0 Å². The monoisotopic (exact) mass is 981 g/mol. The van der Waals surface area contributed by atoms with Crippen molar-refractivity contribution >= 4 is 5.97 Å². The molecular weight excluding hydrogens is 885 g/mol. The Morgan fingerprint density at radius 2 is 0.868 bits per heavy atom. The zero-order chi connectivity index (χ0) is 49.7. The molecule has 3 aliphatic rings. The van der Waals surface area contributed by atoms with Crippen molar-refractivity contribution < 1.29 is 83.9 Å². The predicted molar refractivity (Wildman–Crippen MR) is 254 cm³/mol. The van der Waals surface area contributed by atoms with E-state index in [2.05, 4.69) is 13.8 Å². The Hall–Kier alpha value is -1.13. The van der Waals surface area contributed by atoms with Gasteiger partial charge in [-0.25, -0.2) is 4.79 Å². The van der Waals surface area contributed by atoms with Gasteiger partial charge < -0.3 is 79.1 Å². The minimum absolute atomic E-state index is 0.152. The van der Waals surface area contributed by atoms with Crippen molar-refractivity contribution in [3.05, 3.63) is 0 Å². The molecule has 0 aromatic heterocycles. The van der Waals surface area contributed by atoms with Crippen molar-refractivity contribution in [1.82, 2.24) is 0 Å². The summed E-state index contributed by atoms with van der Waals surface area (Å²) in [6.45, 7) is 3.79. The Balaban J connectivity index is 1.69. The van der Waals surface area contributed by atoms with E-state index in [1.165, 1.54) is 142 Å². The van der Waals surface area contributed by atoms with E-state index >= 15 is 0 Å². The largest absolute Gasteiger partial charge is 0.480 e. The Morgan fingerprint density at radius 3 is 1.32 bits per heavy atom. The first-order valence-corrected chi connectivity index (χ1v) is 26.9. The third-order valence-electron chi connectivity index (χ3n) is 14.1. The van der Waals surface area contributed by atoms with E-state index < -0.39 is 118 Å². The smallest absolute Gasteiger partial charge is 0.329 e. The number of hydrogen-bond acceptors (Lipinski definition) is 16. The highest BCUT2D eigenvalue weighted by molar-refractivity contribution is 5.68. The fourth-order valence-electron chi connectivity index (χ4n) is 9.73. The van der Waals surface area contributed by atoms with Crippen LogP contribution >= 0.6 is 0 Å². The SMILES string of the molecule is CCCCCCCCCCCCCCCC(CCCCCCCCCCCCCC)CO[C@@H]1O[C@H](CO)[C@@H](O[C@@H]2O[C@H](CO)[C@H](O)[C@H](OCC(=O)O)[C@H]2O)[C@H](O[C@@H]2O[C@@H](C)[C@@H](O)[C@@H](O)[C@@H]2O)[C@H]1O. The highest BCUT2D eigenvalue weighted by atomic mass is 16.8. The van der Waals surface area contributed by atoms with Gasteiger partial charge in [-0.2, -0.15) is 0 Å². The van der Waals surface area contributed by atoms with Crippen molar-refractivity contribution in [1.29, 1.82) is 0 Å². The number of rotatable bonds is 39. The quantitative estimate of drug-likeness (QED) is 0.0331. The third kappa shape index (κ3) is 21.9. The highest BCUT2D eigenvalue weighted by Gasteiger charge is 2.54. The summed E-state index contributed by atoms with van der Waals surface area (Å²) in [5, 5.41) is 95.8. The summed E-state index contributed by atoms with van der Waals surface area (Å²) >= 11 is 0. The lowest BCUT2D eigenvalue weighted by molar-refractivity contribution is -0.387. The van der Waals surface area contributed by atoms with Gasteiger partial charge in [0, 0.05) is 0 Å². The number of unbranched alkanes of at least 4 members (excludes halogenated alkanes) is 23. The Morgan fingerprint density at radius 1 is 0.456 bits per heavy atom. The van der Waals surface area contributed by atoms with E-state index in [0.29, 0.717) is 0 Å². The lowest BCUT2D eigenvalue weighted by Crippen LogP contribution is -2.67. The summed E-state index contributed by atoms with van der Waals surface area (Å²) in [5.41, 5.74) is 0. The molecule has 3 saturated heterocycles. The minimum Gasteiger partial charge on any atom is -0.480 e. The Bertz CT molecular complexity index is 1250. The van der Waals surface area contributed by atoms with Gasteiger partial charge in [-0.05, 0) is 25.7 Å². The predicted octanol–water partition coefficient (Wildman–Crippen LogP) is 5.78. The molecule has 0 radical (unpaired) electrons. The zero-order valence-electron chi connectivity index (χ0n) is 41.9. The lowest BCUT2D eigenvalue weighted by Gasteiger charge is -2.49. The number of carboxylic acids is 1. The van der Waals surface area contributed by atoms with Crippen LogP contribution in [0.5, 0.6) is 0 Å². The normalized spacial score (nSPS) is 32.7. The van der Waals surface area contributed by atoms with E-state index in [4.69, 9.17) is 33.2 Å². The summed E-state index contributed by atoms with van der Waals surface area (Å²) in [4.78, 5) is 11.3. The minimum atomic E-state index is -1.85. The summed E-state index contributed by atoms with van der Waals surface area (Å²) in [5.74, 6) is -1.23. The Kier molecular flexibility index (Phi) is 32.3. The van der Waals surface area contributed by atoms with Crippen LogP contribution in [0.3, 0.4) is 0 Å². The summed E-state index contributed by atoms with van der Waals surface area (Å²) in [6.07, 6.45) is 9.88. The number of hydrogen-bond donors (Lipinski definition) is 9. The highest BCUT2D eigenvalue weighted by Crippen LogP contribution is 2.35. The number of aliphatic hydroxyl groups is 8. The Labute approximate surface area is 407 Å². The first-order chi connectivity index (χ1) is 32.9. The second-order valence-electron chi connectivity index (χ2n) is 19.9. The molecule has 0 amide bonds. The molecule has 3 aliphatic heterocycles. The maximum absolute atomic E-state index is 12.0. The van der Waals surface area contributed by atoms with Crippen LogP contribution in [-0.4, -0.2) is 170 Å². The van der Waals surface area contributed by atoms with Gasteiger partial charge in [0.2, 0.25) is 0 Å². The molecule has 0 aromatic rings. The topological polar surface area (TPSA) is 264 Å². The van der Waals surface area contributed by atoms with Crippen molar-refractivity contribution in [2.24, 2.45) is 5.92 Å². The molecule has 3 heterocycles. The van der Waals surface area contributed by atoms with Crippen molar-refractivity contribution in [2.75, 3.05) is 26.4 Å². The molecule has 0 saturated carbocycles. The number of ether oxygens (including phenoxy) is 7. The molecule has 1 unspecified atom stereocenters. The zero-order valence-corrected chi connectivity index (χ0v) is 41.9. The van der Waals surface area contributed by atoms with Crippen molar-refractivity contribution in [3.63, 3.8) is 0 Å². The van der Waals surface area contributed by atoms with E-state index in [0.717, 1.165) is 38.5 Å². The van der Waals surface area contributed by atoms with Crippen LogP contribution in [0.25, 0.3) is 0 Å². The molecule has 0 aromatic carbocycles. The van der Waals surface area contributed by atoms with Crippen LogP contribution in [-0.2, 0) is 38.0 Å². The van der Waals surface area contributed by atoms with E-state index in [1.54, 1.807) is 0 Å². The average molecular weight is 981 g/mol. The fourth-order valence-corrected chi connectivity index (χ4v) is 9.73. The average Bonchev–Trinajstić information content (AvgIpc) is 3.32. The summed E-state index contributed by atoms with van der Waals surface area (Å²) in [7, 11) is 0. The van der Waals surface area contributed by atoms with Gasteiger partial charge >= 0.3 is 5.97 Å². The molecule has 0 spiro atoms. The molecular formula is C51H96O17. The van der Waals surface area contributed by atoms with Gasteiger partial charge in [-0.15, -0.1) is 0 Å². The first kappa shape index (κ1) is 61.2. The summed E-state index contributed by atoms with van der Waals surface area (Å²) < 4.78 is 41.5. The third-order valence-corrected chi connectivity index (χ3v) is 14.1. The van der Waals surface area contributed by atoms with Gasteiger partial charge in [0.1, 0.15) is 73.8 Å². The number of aliphatic carboxylic acids is 1. The van der Waals surface area contributed by atoms with Gasteiger partial charge in [0.15, 0.2) is 18.9 Å². The summed E-state index contributed by atoms with van der Waals surface area (Å²) in [6, 6.07) is 0. The molecule has 68 heavy (non-hydrogen) atoms. The van der Waals surface area contributed by atoms with Crippen LogP contribution in [0, 0.1) is 5.92 Å². The standard InChI is InChI=1S/C51H96O17/c1-4-6-8-10-12-14-16-18-20-22-24-26-28-30-36(29-27-25-23-21-19-17-15-13-11-9-7-5-2)33-63-49-45(61)48(68-50-43(59)42(58)40(56)35(3)64-50)46(38(32-53)66-49)67-51-44(60)47(62-34-39(54)55)41(57)37(31-52)65-51/h35-38,40-53,56-61H,4-34H2,1-3H3,(H,54,55)/t35-,36?,37+,38+,40+,41-,42+,43-,44+,45+,46+,47-,48+,49+,50-,51-/m0/s1. The molecule has 17 nitrogen and oxygen atoms in total. The fraction of sp³-hybridized carbons (Fsp3) is 0.980. The van der Waals surface area contributed by atoms with Crippen LogP contribution < -0.4 is 0 Å². The second-order valence-corrected chi connectivity index (χ2v) is 19.9.